The van der Waals surface area contributed by atoms with E-state index >= 15 is 0 Å². The predicted molar refractivity (Wildman–Crippen MR) is 97.8 cm³/mol. The maximum Gasteiger partial charge on any atom is 0.0985 e. The van der Waals surface area contributed by atoms with Gasteiger partial charge in [-0.2, -0.15) is 0 Å². The van der Waals surface area contributed by atoms with Gasteiger partial charge in [0.15, 0.2) is 0 Å². The van der Waals surface area contributed by atoms with Gasteiger partial charge in [-0.25, -0.2) is 0 Å². The normalized spacial score (nSPS) is 35.4. The summed E-state index contributed by atoms with van der Waals surface area (Å²) in [6, 6.07) is 0. The molecule has 0 aliphatic carbocycles. The van der Waals surface area contributed by atoms with Gasteiger partial charge in [0.1, 0.15) is 0 Å². The Bertz CT molecular complexity index is 344. The second-order valence-electron chi connectivity index (χ2n) is 8.06. The molecule has 0 amide bonds. The van der Waals surface area contributed by atoms with Gasteiger partial charge in [-0.05, 0) is 19.1 Å². The zero-order valence-corrected chi connectivity index (χ0v) is 15.2. The van der Waals surface area contributed by atoms with Crippen molar-refractivity contribution in [3.8, 4) is 0 Å². The van der Waals surface area contributed by atoms with Crippen LogP contribution in [0.5, 0.6) is 0 Å². The maximum atomic E-state index is 5.03. The molecule has 4 nitrogen and oxygen atoms in total. The lowest BCUT2D eigenvalue weighted by Crippen LogP contribution is -2.75. The molecule has 0 N–H and O–H groups in total. The molecule has 4 saturated heterocycles. The second kappa shape index (κ2) is 8.59. The Hall–Kier alpha value is -0.450. The number of nitrogens with zero attached hydrogens (tertiary/aromatic N) is 4. The van der Waals surface area contributed by atoms with Gasteiger partial charge in [-0.3, -0.25) is 19.7 Å². The highest BCUT2D eigenvalue weighted by atomic mass is 15.6. The van der Waals surface area contributed by atoms with Crippen LogP contribution < -0.4 is 0 Å². The summed E-state index contributed by atoms with van der Waals surface area (Å²) in [5.41, 5.74) is 0.189. The molecule has 4 rings (SSSR count). The van der Waals surface area contributed by atoms with E-state index in [0.29, 0.717) is 0 Å². The second-order valence-corrected chi connectivity index (χ2v) is 8.06. The minimum atomic E-state index is 0.189. The van der Waals surface area contributed by atoms with Crippen LogP contribution in [0.4, 0.5) is 0 Å². The fraction of sp³-hybridized carbons (Fsp3) is 0.947. The van der Waals surface area contributed by atoms with Crippen LogP contribution in [0.25, 0.3) is 0 Å². The van der Waals surface area contributed by atoms with E-state index in [1.165, 1.54) is 83.8 Å². The fourth-order valence-electron chi connectivity index (χ4n) is 4.61. The van der Waals surface area contributed by atoms with Crippen molar-refractivity contribution in [3.05, 3.63) is 0 Å². The molecule has 0 spiro atoms. The predicted octanol–water partition coefficient (Wildman–Crippen LogP) is 3.54. The van der Waals surface area contributed by atoms with E-state index in [4.69, 9.17) is 4.99 Å². The van der Waals surface area contributed by atoms with Gasteiger partial charge in [0, 0.05) is 19.6 Å². The van der Waals surface area contributed by atoms with Crippen LogP contribution in [0.1, 0.15) is 71.1 Å². The summed E-state index contributed by atoms with van der Waals surface area (Å²) in [6.45, 7) is 9.29. The minimum absolute atomic E-state index is 0.189. The molecule has 4 heteroatoms. The Balaban J connectivity index is 1.24. The molecular weight excluding hydrogens is 284 g/mol. The molecule has 0 unspecified atom stereocenters. The van der Waals surface area contributed by atoms with Crippen molar-refractivity contribution in [3.63, 3.8) is 0 Å². The molecule has 4 bridgehead atoms. The molecule has 0 aromatic rings. The Kier molecular flexibility index (Phi) is 6.49. The Morgan fingerprint density at radius 3 is 1.74 bits per heavy atom. The third-order valence-electron chi connectivity index (χ3n) is 5.56. The smallest absolute Gasteiger partial charge is 0.0985 e. The van der Waals surface area contributed by atoms with Crippen molar-refractivity contribution in [2.24, 2.45) is 4.99 Å². The highest BCUT2D eigenvalue weighted by Crippen LogP contribution is 2.31. The lowest BCUT2D eigenvalue weighted by atomic mass is 9.92. The summed E-state index contributed by atoms with van der Waals surface area (Å²) < 4.78 is 0. The first-order valence-electron chi connectivity index (χ1n) is 10.0. The lowest BCUT2D eigenvalue weighted by molar-refractivity contribution is -0.139. The van der Waals surface area contributed by atoms with E-state index in [9.17, 15) is 0 Å². The molecule has 0 saturated carbocycles. The summed E-state index contributed by atoms with van der Waals surface area (Å²) in [7, 11) is 0. The molecule has 0 atom stereocenters. The molecule has 4 aliphatic rings. The molecule has 4 fully saturated rings. The molecule has 0 aromatic heterocycles. The quantitative estimate of drug-likeness (QED) is 0.429. The number of aliphatic imine (C=N–C) groups is 1. The summed E-state index contributed by atoms with van der Waals surface area (Å²) in [6.07, 6.45) is 16.1. The number of hydrogen-bond donors (Lipinski definition) is 0. The van der Waals surface area contributed by atoms with Crippen molar-refractivity contribution in [1.29, 1.82) is 0 Å². The van der Waals surface area contributed by atoms with Crippen LogP contribution in [0.3, 0.4) is 0 Å². The summed E-state index contributed by atoms with van der Waals surface area (Å²) in [5.74, 6) is 0. The Morgan fingerprint density at radius 2 is 1.22 bits per heavy atom. The third kappa shape index (κ3) is 5.01. The average Bonchev–Trinajstić information content (AvgIpc) is 2.51. The monoisotopic (exact) mass is 320 g/mol. The van der Waals surface area contributed by atoms with Crippen molar-refractivity contribution >= 4 is 6.21 Å². The molecule has 4 heterocycles. The first-order chi connectivity index (χ1) is 11.3. The summed E-state index contributed by atoms with van der Waals surface area (Å²) in [4.78, 5) is 12.7. The molecular formula is C19H36N4. The first kappa shape index (κ1) is 17.4. The van der Waals surface area contributed by atoms with Gasteiger partial charge in [-0.15, -0.1) is 0 Å². The topological polar surface area (TPSA) is 22.1 Å². The standard InChI is InChI=1S/C19H36N4/c1-2-3-4-5-6-7-8-9-10-11-12-20-19-13-21-16-22(14-19)18-23(15-19)17-21/h12H,2-11,13-18H2,1H3. The summed E-state index contributed by atoms with van der Waals surface area (Å²) >= 11 is 0. The lowest BCUT2D eigenvalue weighted by Gasteiger charge is -2.59. The zero-order valence-electron chi connectivity index (χ0n) is 15.2. The van der Waals surface area contributed by atoms with Gasteiger partial charge in [0.2, 0.25) is 0 Å². The van der Waals surface area contributed by atoms with Crippen molar-refractivity contribution in [2.45, 2.75) is 76.7 Å². The fourth-order valence-corrected chi connectivity index (χ4v) is 4.61. The highest BCUT2D eigenvalue weighted by Gasteiger charge is 2.48. The maximum absolute atomic E-state index is 5.03. The van der Waals surface area contributed by atoms with E-state index in [1.807, 2.05) is 0 Å². The van der Waals surface area contributed by atoms with Gasteiger partial charge < -0.3 is 0 Å². The number of unbranched alkanes of at least 4 members (excludes halogenated alkanes) is 9. The first-order valence-corrected chi connectivity index (χ1v) is 10.0. The van der Waals surface area contributed by atoms with Crippen LogP contribution >= 0.6 is 0 Å². The third-order valence-corrected chi connectivity index (χ3v) is 5.56. The van der Waals surface area contributed by atoms with E-state index < -0.39 is 0 Å². The summed E-state index contributed by atoms with van der Waals surface area (Å²) in [5, 5.41) is 0. The van der Waals surface area contributed by atoms with Crippen LogP contribution in [0, 0.1) is 0 Å². The van der Waals surface area contributed by atoms with E-state index in [2.05, 4.69) is 27.8 Å². The van der Waals surface area contributed by atoms with Gasteiger partial charge in [-0.1, -0.05) is 58.3 Å². The molecule has 0 radical (unpaired) electrons. The van der Waals surface area contributed by atoms with Crippen LogP contribution in [0.15, 0.2) is 4.99 Å². The highest BCUT2D eigenvalue weighted by molar-refractivity contribution is 5.58. The van der Waals surface area contributed by atoms with E-state index in [-0.39, 0.29) is 5.54 Å². The van der Waals surface area contributed by atoms with E-state index in [1.54, 1.807) is 0 Å². The minimum Gasteiger partial charge on any atom is -0.287 e. The molecule has 132 valence electrons. The average molecular weight is 321 g/mol. The zero-order chi connectivity index (χ0) is 16.0. The largest absolute Gasteiger partial charge is 0.287 e. The van der Waals surface area contributed by atoms with Crippen LogP contribution in [-0.2, 0) is 0 Å². The Labute approximate surface area is 142 Å². The van der Waals surface area contributed by atoms with Crippen molar-refractivity contribution < 1.29 is 0 Å². The van der Waals surface area contributed by atoms with Crippen LogP contribution in [-0.4, -0.2) is 66.1 Å². The Morgan fingerprint density at radius 1 is 0.739 bits per heavy atom. The van der Waals surface area contributed by atoms with Crippen LogP contribution in [0.2, 0.25) is 0 Å². The number of hydrogen-bond acceptors (Lipinski definition) is 4. The van der Waals surface area contributed by atoms with Crippen molar-refractivity contribution in [1.82, 2.24) is 14.7 Å². The molecule has 23 heavy (non-hydrogen) atoms. The molecule has 4 aliphatic heterocycles. The molecule has 0 aromatic carbocycles. The van der Waals surface area contributed by atoms with Crippen molar-refractivity contribution in [2.75, 3.05) is 39.6 Å². The number of rotatable bonds is 11. The SMILES string of the molecule is CCCCCCCCCCCC=NC12CN3CN(CN(C3)C1)C2. The van der Waals surface area contributed by atoms with Gasteiger partial charge in [0.25, 0.3) is 0 Å². The van der Waals surface area contributed by atoms with E-state index in [0.717, 1.165) is 20.0 Å². The van der Waals surface area contributed by atoms with Gasteiger partial charge in [0.05, 0.1) is 25.5 Å². The van der Waals surface area contributed by atoms with Gasteiger partial charge >= 0.3 is 0 Å².